The first-order valence-electron chi connectivity index (χ1n) is 21.0. The van der Waals surface area contributed by atoms with Crippen LogP contribution in [0, 0.1) is 42.9 Å². The number of nitrogens with one attached hydrogen (secondary N) is 5. The second-order valence-corrected chi connectivity index (χ2v) is 16.1. The molecule has 2 aromatic rings. The molecule has 2 aromatic carbocycles. The summed E-state index contributed by atoms with van der Waals surface area (Å²) in [4.78, 5) is 94.2. The van der Waals surface area contributed by atoms with Gasteiger partial charge in [0.25, 0.3) is 5.91 Å². The first kappa shape index (κ1) is 49.3. The zero-order valence-corrected chi connectivity index (χ0v) is 39.3. The van der Waals surface area contributed by atoms with E-state index in [9.17, 15) is 33.6 Å². The second-order valence-electron chi connectivity index (χ2n) is 16.1. The van der Waals surface area contributed by atoms with Crippen LogP contribution in [0.2, 0.25) is 0 Å². The molecule has 13 nitrogen and oxygen atoms in total. The van der Waals surface area contributed by atoms with Crippen molar-refractivity contribution in [3.05, 3.63) is 71.1 Å². The molecule has 14 heteroatoms. The predicted octanol–water partition coefficient (Wildman–Crippen LogP) is 4.94. The molecule has 59 heavy (non-hydrogen) atoms. The zero-order chi connectivity index (χ0) is 42.0. The molecule has 0 radical (unpaired) electrons. The summed E-state index contributed by atoms with van der Waals surface area (Å²) >= 11 is 0. The third-order valence-electron chi connectivity index (χ3n) is 10.7. The number of anilines is 1. The average Bonchev–Trinajstić information content (AvgIpc) is 3.22. The molecule has 0 saturated heterocycles. The molecule has 1 aliphatic carbocycles. The Hall–Kier alpha value is -4.02. The molecule has 4 atom stereocenters. The Bertz CT molecular complexity index is 1710. The number of amides is 5. The smallest absolute Gasteiger partial charge is 0.540 e. The van der Waals surface area contributed by atoms with Crippen molar-refractivity contribution in [3.8, 4) is 0 Å². The molecule has 1 saturated carbocycles. The Morgan fingerprint density at radius 3 is 2.25 bits per heavy atom. The van der Waals surface area contributed by atoms with Crippen molar-refractivity contribution in [3.63, 3.8) is 0 Å². The third-order valence-corrected chi connectivity index (χ3v) is 10.7. The maximum Gasteiger partial charge on any atom is 2.00 e. The number of hydrogen-bond donors (Lipinski definition) is 5. The van der Waals surface area contributed by atoms with Gasteiger partial charge in [0, 0.05) is 31.6 Å². The SMILES string of the molecule is CCCC(NC(=O)[C@@H]1Cc2ccc3cc2CN1C(=O)[C@H](C1CCCCC1)NC(=O)CCCCCCN3)C(=O)C(=O)NCC(=O)N[C@H]([C-]=O)c1ccccc1.C[C-](C)C.[U+2]. The van der Waals surface area contributed by atoms with Crippen LogP contribution in [0.3, 0.4) is 0 Å². The van der Waals surface area contributed by atoms with Crippen LogP contribution in [0.5, 0.6) is 0 Å². The third kappa shape index (κ3) is 15.5. The van der Waals surface area contributed by atoms with Gasteiger partial charge in [0.1, 0.15) is 12.1 Å². The number of fused-ring (bicyclic) bond motifs is 2. The first-order chi connectivity index (χ1) is 27.9. The van der Waals surface area contributed by atoms with Crippen molar-refractivity contribution in [2.45, 2.75) is 142 Å². The van der Waals surface area contributed by atoms with Gasteiger partial charge in [0.2, 0.25) is 29.4 Å². The van der Waals surface area contributed by atoms with Crippen molar-refractivity contribution in [1.82, 2.24) is 26.2 Å². The normalized spacial score (nSPS) is 19.6. The van der Waals surface area contributed by atoms with Crippen molar-refractivity contribution in [2.75, 3.05) is 18.4 Å². The van der Waals surface area contributed by atoms with Gasteiger partial charge in [-0.3, -0.25) is 28.8 Å². The van der Waals surface area contributed by atoms with Gasteiger partial charge < -0.3 is 42.2 Å². The number of benzene rings is 2. The molecule has 0 aromatic heterocycles. The van der Waals surface area contributed by atoms with Crippen LogP contribution in [0.25, 0.3) is 0 Å². The van der Waals surface area contributed by atoms with E-state index in [4.69, 9.17) is 0 Å². The molecule has 3 bridgehead atoms. The number of carbonyl (C=O) groups excluding carboxylic acids is 7. The molecular formula is C45H62N6O7U. The van der Waals surface area contributed by atoms with Crippen LogP contribution >= 0.6 is 0 Å². The van der Waals surface area contributed by atoms with Crippen molar-refractivity contribution in [2.24, 2.45) is 5.92 Å². The molecule has 5 rings (SSSR count). The number of rotatable bonds is 12. The van der Waals surface area contributed by atoms with E-state index in [1.165, 1.54) is 10.8 Å². The van der Waals surface area contributed by atoms with Gasteiger partial charge in [-0.25, -0.2) is 6.29 Å². The monoisotopic (exact) mass is 1040 g/mol. The summed E-state index contributed by atoms with van der Waals surface area (Å²) in [5.41, 5.74) is 3.24. The summed E-state index contributed by atoms with van der Waals surface area (Å²) < 4.78 is 0. The summed E-state index contributed by atoms with van der Waals surface area (Å²) in [5.74, 6) is -2.41. The largest absolute Gasteiger partial charge is 2.00 e. The molecule has 5 N–H and O–H groups in total. The van der Waals surface area contributed by atoms with Gasteiger partial charge in [-0.1, -0.05) is 87.4 Å². The minimum atomic E-state index is -1.21. The number of ketones is 1. The van der Waals surface area contributed by atoms with Crippen molar-refractivity contribution >= 4 is 47.3 Å². The predicted molar refractivity (Wildman–Crippen MR) is 223 cm³/mol. The van der Waals surface area contributed by atoms with Gasteiger partial charge in [-0.05, 0) is 67.3 Å². The molecule has 3 aliphatic rings. The van der Waals surface area contributed by atoms with Gasteiger partial charge in [0.15, 0.2) is 0 Å². The van der Waals surface area contributed by atoms with E-state index < -0.39 is 54.2 Å². The van der Waals surface area contributed by atoms with E-state index in [-0.39, 0.29) is 68.2 Å². The number of Topliss-reactive ketones (excluding diaryl/α,β-unsaturated/α-hetero) is 1. The van der Waals surface area contributed by atoms with Crippen molar-refractivity contribution < 1.29 is 64.7 Å². The summed E-state index contributed by atoms with van der Waals surface area (Å²) in [6.45, 7) is 8.41. The second kappa shape index (κ2) is 25.6. The first-order valence-corrected chi connectivity index (χ1v) is 21.0. The van der Waals surface area contributed by atoms with Crippen LogP contribution in [-0.2, 0) is 46.5 Å². The van der Waals surface area contributed by atoms with E-state index in [1.54, 1.807) is 36.6 Å². The van der Waals surface area contributed by atoms with Gasteiger partial charge in [0.05, 0.1) is 12.6 Å². The van der Waals surface area contributed by atoms with Crippen LogP contribution < -0.4 is 26.6 Å². The molecule has 5 amide bonds. The minimum absolute atomic E-state index is 0. The Morgan fingerprint density at radius 1 is 0.898 bits per heavy atom. The molecule has 318 valence electrons. The minimum Gasteiger partial charge on any atom is -0.540 e. The van der Waals surface area contributed by atoms with Gasteiger partial charge in [-0.15, -0.1) is 0 Å². The Morgan fingerprint density at radius 2 is 1.58 bits per heavy atom. The molecule has 0 spiro atoms. The summed E-state index contributed by atoms with van der Waals surface area (Å²) in [6.07, 6.45) is 11.0. The Kier molecular flexibility index (Phi) is 21.4. The maximum atomic E-state index is 14.7. The van der Waals surface area contributed by atoms with E-state index >= 15 is 0 Å². The van der Waals surface area contributed by atoms with Gasteiger partial charge >= 0.3 is 31.1 Å². The summed E-state index contributed by atoms with van der Waals surface area (Å²) in [6, 6.07) is 10.4. The molecule has 2 heterocycles. The van der Waals surface area contributed by atoms with Crippen molar-refractivity contribution in [1.29, 1.82) is 0 Å². The molecule has 1 fully saturated rings. The average molecular weight is 1040 g/mol. The fraction of sp³-hybridized carbons (Fsp3) is 0.556. The van der Waals surface area contributed by atoms with E-state index in [0.717, 1.165) is 81.1 Å². The Balaban J connectivity index is 0.00000178. The van der Waals surface area contributed by atoms with E-state index in [0.29, 0.717) is 18.4 Å². The maximum absolute atomic E-state index is 14.7. The van der Waals surface area contributed by atoms with Crippen LogP contribution in [0.15, 0.2) is 48.5 Å². The summed E-state index contributed by atoms with van der Waals surface area (Å²) in [5, 5.41) is 14.1. The summed E-state index contributed by atoms with van der Waals surface area (Å²) in [7, 11) is 0. The molecule has 1 unspecified atom stereocenters. The van der Waals surface area contributed by atoms with Crippen LogP contribution in [-0.4, -0.2) is 77.7 Å². The standard InChI is InChI=1S/C41H53N6O7.C4H9.U/c1-2-13-32(38(51)40(53)43-24-36(50)44-33(26-48)27-14-7-5-8-15-27)45-39(52)34-23-29-19-20-31-22-30(29)25-47(34)41(54)37(28-16-9-6-10-17-28)46-35(49)18-11-3-4-12-21-42-31;1-4(2)3;/h5,7-8,14-15,19-20,22,28,32-34,37,42H,2-4,6,9-13,16-18,21,23-25H2,1H3,(H,43,53)(H,44,50)(H,45,52)(H,46,49);1-3H3;/q2*-1;+2/t32?,33-,34+,37+;;/m1../s1. The quantitative estimate of drug-likeness (QED) is 0.147. The molecular weight excluding hydrogens is 975 g/mol. The number of nitrogens with zero attached hydrogens (tertiary/aromatic N) is 1. The molecule has 2 aliphatic heterocycles. The number of hydrogen-bond acceptors (Lipinski definition) is 8. The van der Waals surface area contributed by atoms with Crippen LogP contribution in [0.1, 0.15) is 127 Å². The van der Waals surface area contributed by atoms with E-state index in [1.807, 2.05) is 25.1 Å². The van der Waals surface area contributed by atoms with Crippen LogP contribution in [0.4, 0.5) is 5.69 Å². The topological polar surface area (TPSA) is 183 Å². The fourth-order valence-corrected chi connectivity index (χ4v) is 7.70. The number of carbonyl (C=O) groups is 6. The zero-order valence-electron chi connectivity index (χ0n) is 35.1. The Labute approximate surface area is 373 Å². The van der Waals surface area contributed by atoms with E-state index in [2.05, 4.69) is 47.4 Å². The fourth-order valence-electron chi connectivity index (χ4n) is 7.70. The van der Waals surface area contributed by atoms with Gasteiger partial charge in [-0.2, -0.15) is 20.8 Å².